The molecule has 0 saturated heterocycles. The molecule has 8 heteroatoms. The summed E-state index contributed by atoms with van der Waals surface area (Å²) >= 11 is 1.20. The second kappa shape index (κ2) is 8.82. The monoisotopic (exact) mass is 264 g/mol. The number of hydrogen-bond acceptors (Lipinski definition) is 6. The summed E-state index contributed by atoms with van der Waals surface area (Å²) in [6.45, 7) is 1.83. The molecule has 0 aliphatic carbocycles. The molecule has 7 nitrogen and oxygen atoms in total. The van der Waals surface area contributed by atoms with Gasteiger partial charge in [0.05, 0.1) is 12.4 Å². The first-order valence-corrected chi connectivity index (χ1v) is 6.15. The summed E-state index contributed by atoms with van der Waals surface area (Å²) < 4.78 is 4.51. The van der Waals surface area contributed by atoms with Crippen LogP contribution >= 0.6 is 11.8 Å². The number of carboxylic acid groups (broad SMARTS) is 1. The van der Waals surface area contributed by atoms with Gasteiger partial charge in [0.2, 0.25) is 5.91 Å². The van der Waals surface area contributed by atoms with Crippen LogP contribution in [0.1, 0.15) is 13.3 Å². The van der Waals surface area contributed by atoms with Crippen molar-refractivity contribution in [1.82, 2.24) is 5.32 Å². The lowest BCUT2D eigenvalue weighted by Gasteiger charge is -2.06. The molecule has 0 saturated carbocycles. The summed E-state index contributed by atoms with van der Waals surface area (Å²) in [5.74, 6) is -1.05. The van der Waals surface area contributed by atoms with E-state index in [1.807, 2.05) is 5.32 Å². The van der Waals surface area contributed by atoms with Crippen molar-refractivity contribution in [2.75, 3.05) is 18.1 Å². The number of imide groups is 1. The van der Waals surface area contributed by atoms with Crippen LogP contribution in [-0.2, 0) is 14.3 Å². The summed E-state index contributed by atoms with van der Waals surface area (Å²) in [6.07, 6.45) is -0.507. The van der Waals surface area contributed by atoms with Gasteiger partial charge in [-0.2, -0.15) is 11.8 Å². The smallest absolute Gasteiger partial charge is 0.413 e. The second-order valence-corrected chi connectivity index (χ2v) is 4.16. The maximum atomic E-state index is 11.1. The number of nitrogens with one attached hydrogen (secondary N) is 1. The van der Waals surface area contributed by atoms with Crippen LogP contribution in [0.2, 0.25) is 0 Å². The van der Waals surface area contributed by atoms with Crippen LogP contribution in [0.15, 0.2) is 0 Å². The van der Waals surface area contributed by atoms with Gasteiger partial charge in [0.1, 0.15) is 6.04 Å². The Morgan fingerprint density at radius 1 is 1.47 bits per heavy atom. The summed E-state index contributed by atoms with van der Waals surface area (Å²) in [5, 5.41) is 10.5. The number of thioether (sulfide) groups is 1. The normalized spacial score (nSPS) is 11.6. The standard InChI is InChI=1S/C9H16N2O5S/c1-2-16-9(15)11-7(12)5-17-4-3-6(10)8(13)14/h6H,2-5,10H2,1H3,(H,13,14)(H,11,12,15). The molecule has 98 valence electrons. The molecule has 17 heavy (non-hydrogen) atoms. The zero-order chi connectivity index (χ0) is 13.3. The zero-order valence-electron chi connectivity index (χ0n) is 9.47. The Morgan fingerprint density at radius 2 is 2.12 bits per heavy atom. The van der Waals surface area contributed by atoms with E-state index < -0.39 is 24.0 Å². The molecule has 2 amide bonds. The third-order valence-electron chi connectivity index (χ3n) is 1.64. The Balaban J connectivity index is 3.58. The second-order valence-electron chi connectivity index (χ2n) is 3.05. The molecule has 0 rings (SSSR count). The molecule has 0 heterocycles. The van der Waals surface area contributed by atoms with Crippen molar-refractivity contribution in [1.29, 1.82) is 0 Å². The lowest BCUT2D eigenvalue weighted by atomic mass is 10.2. The summed E-state index contributed by atoms with van der Waals surface area (Å²) in [7, 11) is 0. The van der Waals surface area contributed by atoms with E-state index in [1.165, 1.54) is 11.8 Å². The maximum absolute atomic E-state index is 11.1. The van der Waals surface area contributed by atoms with Crippen LogP contribution in [0, 0.1) is 0 Å². The number of carbonyl (C=O) groups excluding carboxylic acids is 2. The molecule has 0 aromatic carbocycles. The summed E-state index contributed by atoms with van der Waals surface area (Å²) in [4.78, 5) is 32.3. The van der Waals surface area contributed by atoms with Crippen LogP contribution in [0.5, 0.6) is 0 Å². The quantitative estimate of drug-likeness (QED) is 0.544. The van der Waals surface area contributed by atoms with Crippen molar-refractivity contribution >= 4 is 29.7 Å². The summed E-state index contributed by atoms with van der Waals surface area (Å²) in [6, 6.07) is -0.921. The third kappa shape index (κ3) is 8.52. The van der Waals surface area contributed by atoms with Gasteiger partial charge in [-0.15, -0.1) is 0 Å². The van der Waals surface area contributed by atoms with Crippen molar-refractivity contribution < 1.29 is 24.2 Å². The van der Waals surface area contributed by atoms with E-state index in [2.05, 4.69) is 4.74 Å². The number of rotatable bonds is 7. The zero-order valence-corrected chi connectivity index (χ0v) is 10.3. The minimum atomic E-state index is -1.07. The number of amides is 2. The predicted octanol–water partition coefficient (Wildman–Crippen LogP) is -0.206. The van der Waals surface area contributed by atoms with E-state index in [4.69, 9.17) is 10.8 Å². The van der Waals surface area contributed by atoms with Crippen molar-refractivity contribution in [3.05, 3.63) is 0 Å². The number of ether oxygens (including phenoxy) is 1. The lowest BCUT2D eigenvalue weighted by molar-refractivity contribution is -0.138. The molecule has 0 aromatic heterocycles. The van der Waals surface area contributed by atoms with Gasteiger partial charge >= 0.3 is 12.1 Å². The van der Waals surface area contributed by atoms with Crippen molar-refractivity contribution in [2.45, 2.75) is 19.4 Å². The predicted molar refractivity (Wildman–Crippen MR) is 62.7 cm³/mol. The average Bonchev–Trinajstić information content (AvgIpc) is 2.24. The van der Waals surface area contributed by atoms with Crippen molar-refractivity contribution in [2.24, 2.45) is 5.73 Å². The van der Waals surface area contributed by atoms with Crippen molar-refractivity contribution in [3.8, 4) is 0 Å². The van der Waals surface area contributed by atoms with Gasteiger partial charge in [-0.05, 0) is 19.1 Å². The fourth-order valence-electron chi connectivity index (χ4n) is 0.816. The molecule has 0 spiro atoms. The highest BCUT2D eigenvalue weighted by atomic mass is 32.2. The van der Waals surface area contributed by atoms with E-state index in [0.29, 0.717) is 5.75 Å². The number of aliphatic carboxylic acids is 1. The molecule has 1 atom stereocenters. The number of carbonyl (C=O) groups is 3. The average molecular weight is 264 g/mol. The van der Waals surface area contributed by atoms with E-state index in [0.717, 1.165) is 0 Å². The summed E-state index contributed by atoms with van der Waals surface area (Å²) in [5.41, 5.74) is 5.27. The minimum absolute atomic E-state index is 0.0607. The number of carboxylic acids is 1. The van der Waals surface area contributed by atoms with E-state index in [-0.39, 0.29) is 18.8 Å². The SMILES string of the molecule is CCOC(=O)NC(=O)CSCCC(N)C(=O)O. The highest BCUT2D eigenvalue weighted by Gasteiger charge is 2.12. The minimum Gasteiger partial charge on any atom is -0.480 e. The molecular formula is C9H16N2O5S. The first-order valence-electron chi connectivity index (χ1n) is 5.00. The van der Waals surface area contributed by atoms with Crippen LogP contribution in [0.4, 0.5) is 4.79 Å². The first kappa shape index (κ1) is 15.7. The first-order chi connectivity index (χ1) is 7.97. The Kier molecular flexibility index (Phi) is 8.16. The third-order valence-corrected chi connectivity index (χ3v) is 2.63. The Morgan fingerprint density at radius 3 is 2.65 bits per heavy atom. The van der Waals surface area contributed by atoms with Crippen LogP contribution in [-0.4, -0.2) is 47.2 Å². The van der Waals surface area contributed by atoms with E-state index in [1.54, 1.807) is 6.92 Å². The molecule has 0 aromatic rings. The highest BCUT2D eigenvalue weighted by Crippen LogP contribution is 2.03. The molecule has 0 bridgehead atoms. The maximum Gasteiger partial charge on any atom is 0.413 e. The van der Waals surface area contributed by atoms with Gasteiger partial charge in [-0.1, -0.05) is 0 Å². The molecule has 4 N–H and O–H groups in total. The number of nitrogens with two attached hydrogens (primary N) is 1. The topological polar surface area (TPSA) is 119 Å². The van der Waals surface area contributed by atoms with Crippen LogP contribution < -0.4 is 11.1 Å². The Hall–Kier alpha value is -1.28. The van der Waals surface area contributed by atoms with Crippen molar-refractivity contribution in [3.63, 3.8) is 0 Å². The molecule has 0 radical (unpaired) electrons. The van der Waals surface area contributed by atoms with Gasteiger partial charge in [-0.25, -0.2) is 4.79 Å². The van der Waals surface area contributed by atoms with Gasteiger partial charge in [0.25, 0.3) is 0 Å². The van der Waals surface area contributed by atoms with E-state index in [9.17, 15) is 14.4 Å². The molecule has 0 fully saturated rings. The Labute approximate surface area is 103 Å². The molecule has 0 aliphatic rings. The fraction of sp³-hybridized carbons (Fsp3) is 0.667. The molecule has 0 aliphatic heterocycles. The highest BCUT2D eigenvalue weighted by molar-refractivity contribution is 7.99. The van der Waals surface area contributed by atoms with Crippen LogP contribution in [0.25, 0.3) is 0 Å². The van der Waals surface area contributed by atoms with Gasteiger partial charge in [0, 0.05) is 0 Å². The molecular weight excluding hydrogens is 248 g/mol. The largest absolute Gasteiger partial charge is 0.480 e. The number of hydrogen-bond donors (Lipinski definition) is 3. The molecule has 1 unspecified atom stereocenters. The van der Waals surface area contributed by atoms with E-state index >= 15 is 0 Å². The van der Waals surface area contributed by atoms with Gasteiger partial charge in [0.15, 0.2) is 0 Å². The fourth-order valence-corrected chi connectivity index (χ4v) is 1.64. The van der Waals surface area contributed by atoms with Gasteiger partial charge in [-0.3, -0.25) is 14.9 Å². The lowest BCUT2D eigenvalue weighted by Crippen LogP contribution is -2.33. The van der Waals surface area contributed by atoms with Gasteiger partial charge < -0.3 is 15.6 Å². The Bertz CT molecular complexity index is 285. The number of alkyl carbamates (subject to hydrolysis) is 1. The van der Waals surface area contributed by atoms with Crippen LogP contribution in [0.3, 0.4) is 0 Å².